The molecular weight excluding hydrogens is 274 g/mol. The highest BCUT2D eigenvalue weighted by atomic mass is 16.7. The zero-order valence-electron chi connectivity index (χ0n) is 12.5. The molecule has 0 N–H and O–H groups in total. The smallest absolute Gasteiger partial charge is 0.248 e. The van der Waals surface area contributed by atoms with E-state index in [4.69, 9.17) is 18.9 Å². The maximum atomic E-state index is 12.1. The third-order valence-corrected chi connectivity index (χ3v) is 3.20. The van der Waals surface area contributed by atoms with E-state index in [1.54, 1.807) is 12.0 Å². The zero-order chi connectivity index (χ0) is 15.1. The number of likely N-dealkylation sites (N-methyl/N-ethyl adjacent to an activating group) is 1. The van der Waals surface area contributed by atoms with E-state index in [1.165, 1.54) is 0 Å². The van der Waals surface area contributed by atoms with Gasteiger partial charge in [0.15, 0.2) is 11.5 Å². The lowest BCUT2D eigenvalue weighted by Crippen LogP contribution is -2.33. The second kappa shape index (κ2) is 7.85. The van der Waals surface area contributed by atoms with E-state index in [2.05, 4.69) is 0 Å². The van der Waals surface area contributed by atoms with Gasteiger partial charge in [0, 0.05) is 20.2 Å². The number of hydrogen-bond acceptors (Lipinski definition) is 5. The number of carbonyl (C=O) groups excluding carboxylic acids is 1. The van der Waals surface area contributed by atoms with Crippen LogP contribution in [0.25, 0.3) is 0 Å². The van der Waals surface area contributed by atoms with Crippen LogP contribution in [0.5, 0.6) is 11.5 Å². The summed E-state index contributed by atoms with van der Waals surface area (Å²) in [6.07, 6.45) is 0. The molecular formula is C15H21NO5. The lowest BCUT2D eigenvalue weighted by Gasteiger charge is -2.21. The van der Waals surface area contributed by atoms with E-state index >= 15 is 0 Å². The Bertz CT molecular complexity index is 477. The van der Waals surface area contributed by atoms with Gasteiger partial charge >= 0.3 is 0 Å². The van der Waals surface area contributed by atoms with Crippen molar-refractivity contribution in [3.8, 4) is 11.5 Å². The van der Waals surface area contributed by atoms with Crippen molar-refractivity contribution >= 4 is 5.91 Å². The Morgan fingerprint density at radius 2 is 2.10 bits per heavy atom. The number of carbonyl (C=O) groups is 1. The highest BCUT2D eigenvalue weighted by Gasteiger charge is 2.16. The number of benzene rings is 1. The fourth-order valence-electron chi connectivity index (χ4n) is 2.03. The first-order chi connectivity index (χ1) is 10.2. The number of ether oxygens (including phenoxy) is 4. The van der Waals surface area contributed by atoms with Crippen molar-refractivity contribution in [3.05, 3.63) is 23.8 Å². The molecule has 6 nitrogen and oxygen atoms in total. The predicted octanol–water partition coefficient (Wildman–Crippen LogP) is 1.43. The van der Waals surface area contributed by atoms with Gasteiger partial charge < -0.3 is 23.8 Å². The Kier molecular flexibility index (Phi) is 5.83. The zero-order valence-corrected chi connectivity index (χ0v) is 12.5. The molecule has 0 bridgehead atoms. The van der Waals surface area contributed by atoms with Crippen molar-refractivity contribution in [2.24, 2.45) is 0 Å². The first kappa shape index (κ1) is 15.6. The van der Waals surface area contributed by atoms with Gasteiger partial charge in [-0.1, -0.05) is 6.07 Å². The number of methoxy groups -OCH3 is 1. The maximum absolute atomic E-state index is 12.1. The highest BCUT2D eigenvalue weighted by molar-refractivity contribution is 5.77. The average Bonchev–Trinajstić information content (AvgIpc) is 2.96. The Morgan fingerprint density at radius 1 is 1.29 bits per heavy atom. The number of rotatable bonds is 8. The molecule has 1 aliphatic heterocycles. The summed E-state index contributed by atoms with van der Waals surface area (Å²) < 4.78 is 20.8. The van der Waals surface area contributed by atoms with Gasteiger partial charge in [-0.2, -0.15) is 0 Å². The Labute approximate surface area is 124 Å². The second-order valence-corrected chi connectivity index (χ2v) is 4.64. The van der Waals surface area contributed by atoms with Crippen LogP contribution in [0.1, 0.15) is 12.5 Å². The highest BCUT2D eigenvalue weighted by Crippen LogP contribution is 2.32. The largest absolute Gasteiger partial charge is 0.454 e. The van der Waals surface area contributed by atoms with Crippen LogP contribution in [-0.4, -0.2) is 51.1 Å². The van der Waals surface area contributed by atoms with E-state index in [9.17, 15) is 4.79 Å². The standard InChI is InChI=1S/C15H21NO5/c1-3-16(15(17)10-19-7-6-18-2)9-12-4-5-13-14(8-12)21-11-20-13/h4-5,8H,3,6-7,9-11H2,1-2H3. The van der Waals surface area contributed by atoms with Crippen LogP contribution in [0.4, 0.5) is 0 Å². The maximum Gasteiger partial charge on any atom is 0.248 e. The molecule has 1 heterocycles. The van der Waals surface area contributed by atoms with E-state index < -0.39 is 0 Å². The van der Waals surface area contributed by atoms with Crippen molar-refractivity contribution in [2.75, 3.05) is 40.3 Å². The van der Waals surface area contributed by atoms with Gasteiger partial charge in [0.1, 0.15) is 6.61 Å². The van der Waals surface area contributed by atoms with Crippen molar-refractivity contribution in [2.45, 2.75) is 13.5 Å². The van der Waals surface area contributed by atoms with E-state index in [1.807, 2.05) is 25.1 Å². The molecule has 1 aromatic carbocycles. The molecule has 0 radical (unpaired) electrons. The normalized spacial score (nSPS) is 12.5. The molecule has 0 spiro atoms. The van der Waals surface area contributed by atoms with Crippen molar-refractivity contribution < 1.29 is 23.7 Å². The van der Waals surface area contributed by atoms with Gasteiger partial charge in [-0.05, 0) is 24.6 Å². The first-order valence-electron chi connectivity index (χ1n) is 6.97. The number of nitrogens with zero attached hydrogens (tertiary/aromatic N) is 1. The van der Waals surface area contributed by atoms with Gasteiger partial charge in [-0.25, -0.2) is 0 Å². The minimum atomic E-state index is -0.0359. The molecule has 2 rings (SSSR count). The third-order valence-electron chi connectivity index (χ3n) is 3.20. The minimum Gasteiger partial charge on any atom is -0.454 e. The molecule has 0 aromatic heterocycles. The van der Waals surface area contributed by atoms with Crippen LogP contribution in [-0.2, 0) is 20.8 Å². The van der Waals surface area contributed by atoms with Gasteiger partial charge in [-0.3, -0.25) is 4.79 Å². The van der Waals surface area contributed by atoms with Crippen molar-refractivity contribution in [3.63, 3.8) is 0 Å². The summed E-state index contributed by atoms with van der Waals surface area (Å²) in [7, 11) is 1.60. The fourth-order valence-corrected chi connectivity index (χ4v) is 2.03. The van der Waals surface area contributed by atoms with Crippen LogP contribution in [0.3, 0.4) is 0 Å². The molecule has 0 saturated carbocycles. The molecule has 21 heavy (non-hydrogen) atoms. The van der Waals surface area contributed by atoms with E-state index in [0.29, 0.717) is 26.3 Å². The summed E-state index contributed by atoms with van der Waals surface area (Å²) >= 11 is 0. The summed E-state index contributed by atoms with van der Waals surface area (Å²) in [6, 6.07) is 5.71. The molecule has 0 unspecified atom stereocenters. The molecule has 6 heteroatoms. The molecule has 0 aliphatic carbocycles. The molecule has 1 aromatic rings. The number of amides is 1. The van der Waals surface area contributed by atoms with Crippen LogP contribution in [0.2, 0.25) is 0 Å². The summed E-state index contributed by atoms with van der Waals surface area (Å²) in [5.41, 5.74) is 1.01. The van der Waals surface area contributed by atoms with Gasteiger partial charge in [0.25, 0.3) is 0 Å². The van der Waals surface area contributed by atoms with Crippen molar-refractivity contribution in [1.82, 2.24) is 4.90 Å². The van der Waals surface area contributed by atoms with Crippen LogP contribution in [0.15, 0.2) is 18.2 Å². The molecule has 1 aliphatic rings. The molecule has 116 valence electrons. The van der Waals surface area contributed by atoms with Gasteiger partial charge in [0.05, 0.1) is 13.2 Å². The summed E-state index contributed by atoms with van der Waals surface area (Å²) in [6.45, 7) is 4.33. The number of fused-ring (bicyclic) bond motifs is 1. The first-order valence-corrected chi connectivity index (χ1v) is 6.97. The van der Waals surface area contributed by atoms with Crippen LogP contribution >= 0.6 is 0 Å². The van der Waals surface area contributed by atoms with E-state index in [0.717, 1.165) is 17.1 Å². The SMILES string of the molecule is CCN(Cc1ccc2c(c1)OCO2)C(=O)COCCOC. The predicted molar refractivity (Wildman–Crippen MR) is 76.4 cm³/mol. The van der Waals surface area contributed by atoms with Crippen LogP contribution < -0.4 is 9.47 Å². The lowest BCUT2D eigenvalue weighted by atomic mass is 10.2. The monoisotopic (exact) mass is 295 g/mol. The van der Waals surface area contributed by atoms with Crippen molar-refractivity contribution in [1.29, 1.82) is 0 Å². The van der Waals surface area contributed by atoms with Gasteiger partial charge in [0.2, 0.25) is 12.7 Å². The summed E-state index contributed by atoms with van der Waals surface area (Å²) in [4.78, 5) is 13.8. The molecule has 0 fully saturated rings. The van der Waals surface area contributed by atoms with Gasteiger partial charge in [-0.15, -0.1) is 0 Å². The Balaban J connectivity index is 1.88. The molecule has 0 atom stereocenters. The average molecular weight is 295 g/mol. The fraction of sp³-hybridized carbons (Fsp3) is 0.533. The summed E-state index contributed by atoms with van der Waals surface area (Å²) in [5, 5.41) is 0. The second-order valence-electron chi connectivity index (χ2n) is 4.64. The molecule has 1 amide bonds. The Morgan fingerprint density at radius 3 is 2.86 bits per heavy atom. The number of hydrogen-bond donors (Lipinski definition) is 0. The minimum absolute atomic E-state index is 0.0359. The quantitative estimate of drug-likeness (QED) is 0.679. The topological polar surface area (TPSA) is 57.2 Å². The van der Waals surface area contributed by atoms with Crippen LogP contribution in [0, 0.1) is 0 Å². The Hall–Kier alpha value is -1.79. The van der Waals surface area contributed by atoms with E-state index in [-0.39, 0.29) is 19.3 Å². The lowest BCUT2D eigenvalue weighted by molar-refractivity contribution is -0.137. The molecule has 0 saturated heterocycles. The summed E-state index contributed by atoms with van der Waals surface area (Å²) in [5.74, 6) is 1.44. The third kappa shape index (κ3) is 4.34.